The molecule has 1 fully saturated rings. The van der Waals surface area contributed by atoms with Gasteiger partial charge in [0, 0.05) is 23.7 Å². The average molecular weight is 520 g/mol. The van der Waals surface area contributed by atoms with E-state index in [2.05, 4.69) is 48.4 Å². The van der Waals surface area contributed by atoms with E-state index in [-0.39, 0.29) is 6.54 Å². The fourth-order valence-electron chi connectivity index (χ4n) is 4.98. The van der Waals surface area contributed by atoms with E-state index in [0.29, 0.717) is 39.8 Å². The number of H-pyrrole nitrogens is 2. The van der Waals surface area contributed by atoms with Gasteiger partial charge in [-0.3, -0.25) is 10.1 Å². The van der Waals surface area contributed by atoms with E-state index in [0.717, 1.165) is 48.6 Å². The lowest BCUT2D eigenvalue weighted by Crippen LogP contribution is -2.26. The summed E-state index contributed by atoms with van der Waals surface area (Å²) in [5.74, 6) is 0.619. The summed E-state index contributed by atoms with van der Waals surface area (Å²) in [6.07, 6.45) is 4.91. The summed E-state index contributed by atoms with van der Waals surface area (Å²) in [6.45, 7) is 2.02. The van der Waals surface area contributed by atoms with Crippen LogP contribution in [0, 0.1) is 5.82 Å². The molecule has 11 heteroatoms. The highest BCUT2D eigenvalue weighted by molar-refractivity contribution is 7.88. The minimum Gasteiger partial charge on any atom is -0.336 e. The second kappa shape index (κ2) is 9.33. The molecule has 0 radical (unpaired) electrons. The third-order valence-corrected chi connectivity index (χ3v) is 7.46. The number of rotatable bonds is 6. The molecule has 0 saturated carbocycles. The number of piperidine rings is 1. The highest BCUT2D eigenvalue weighted by Gasteiger charge is 2.20. The number of pyridine rings is 1. The van der Waals surface area contributed by atoms with Crippen molar-refractivity contribution in [1.82, 2.24) is 35.2 Å². The molecule has 3 aromatic heterocycles. The Bertz CT molecular complexity index is 1720. The smallest absolute Gasteiger partial charge is 0.209 e. The van der Waals surface area contributed by atoms with Gasteiger partial charge in [-0.25, -0.2) is 22.5 Å². The van der Waals surface area contributed by atoms with Crippen molar-refractivity contribution in [2.24, 2.45) is 0 Å². The number of hydrogen-bond acceptors (Lipinski definition) is 6. The number of aromatic nitrogens is 5. The Kier molecular flexibility index (Phi) is 5.98. The molecule has 4 N–H and O–H groups in total. The highest BCUT2D eigenvalue weighted by Crippen LogP contribution is 2.33. The third-order valence-electron chi connectivity index (χ3n) is 6.79. The second-order valence-electron chi connectivity index (χ2n) is 9.48. The Balaban J connectivity index is 1.40. The molecule has 0 unspecified atom stereocenters. The van der Waals surface area contributed by atoms with Crippen molar-refractivity contribution in [3.8, 4) is 22.8 Å². The van der Waals surface area contributed by atoms with Crippen molar-refractivity contribution < 1.29 is 12.8 Å². The lowest BCUT2D eigenvalue weighted by atomic mass is 9.89. The van der Waals surface area contributed by atoms with Gasteiger partial charge in [0.15, 0.2) is 5.82 Å². The van der Waals surface area contributed by atoms with Crippen LogP contribution < -0.4 is 10.0 Å². The summed E-state index contributed by atoms with van der Waals surface area (Å²) in [6, 6.07) is 12.6. The van der Waals surface area contributed by atoms with E-state index in [9.17, 15) is 12.8 Å². The maximum Gasteiger partial charge on any atom is 0.209 e. The Morgan fingerprint density at radius 2 is 1.89 bits per heavy atom. The predicted octanol–water partition coefficient (Wildman–Crippen LogP) is 3.82. The van der Waals surface area contributed by atoms with Crippen LogP contribution in [0.25, 0.3) is 44.7 Å². The number of sulfonamides is 1. The van der Waals surface area contributed by atoms with Crippen LogP contribution in [-0.2, 0) is 16.6 Å². The van der Waals surface area contributed by atoms with Crippen LogP contribution in [0.1, 0.15) is 29.9 Å². The molecule has 0 spiro atoms. The van der Waals surface area contributed by atoms with Crippen LogP contribution in [0.4, 0.5) is 4.39 Å². The predicted molar refractivity (Wildman–Crippen MR) is 141 cm³/mol. The molecule has 0 aliphatic carbocycles. The topological polar surface area (TPSA) is 128 Å². The summed E-state index contributed by atoms with van der Waals surface area (Å²) in [4.78, 5) is 12.6. The van der Waals surface area contributed by atoms with E-state index in [1.165, 1.54) is 17.7 Å². The Morgan fingerprint density at radius 1 is 1.05 bits per heavy atom. The van der Waals surface area contributed by atoms with E-state index < -0.39 is 15.8 Å². The minimum absolute atomic E-state index is 0.0238. The van der Waals surface area contributed by atoms with E-state index in [1.54, 1.807) is 12.3 Å². The Labute approximate surface area is 213 Å². The van der Waals surface area contributed by atoms with Gasteiger partial charge in [-0.2, -0.15) is 5.10 Å². The van der Waals surface area contributed by atoms with Crippen molar-refractivity contribution >= 4 is 32.0 Å². The van der Waals surface area contributed by atoms with Gasteiger partial charge in [0.2, 0.25) is 10.0 Å². The molecule has 1 saturated heterocycles. The van der Waals surface area contributed by atoms with Crippen LogP contribution in [0.5, 0.6) is 0 Å². The molecule has 1 aliphatic rings. The maximum atomic E-state index is 14.5. The summed E-state index contributed by atoms with van der Waals surface area (Å²) >= 11 is 0. The molecule has 1 aliphatic heterocycles. The number of benzene rings is 2. The molecule has 2 aromatic carbocycles. The number of imidazole rings is 1. The zero-order valence-corrected chi connectivity index (χ0v) is 21.0. The zero-order chi connectivity index (χ0) is 25.6. The van der Waals surface area contributed by atoms with Crippen molar-refractivity contribution in [3.05, 3.63) is 65.6 Å². The molecule has 4 heterocycles. The average Bonchev–Trinajstić information content (AvgIpc) is 3.51. The van der Waals surface area contributed by atoms with Crippen LogP contribution in [0.2, 0.25) is 0 Å². The van der Waals surface area contributed by atoms with Gasteiger partial charge in [0.1, 0.15) is 17.0 Å². The zero-order valence-electron chi connectivity index (χ0n) is 20.2. The molecular formula is C26H26FN7O2S. The molecule has 6 rings (SSSR count). The van der Waals surface area contributed by atoms with Crippen LogP contribution >= 0.6 is 0 Å². The number of halogens is 1. The lowest BCUT2D eigenvalue weighted by molar-refractivity contribution is 0.460. The molecule has 0 bridgehead atoms. The van der Waals surface area contributed by atoms with Crippen LogP contribution in [0.15, 0.2) is 48.7 Å². The van der Waals surface area contributed by atoms with Crippen molar-refractivity contribution in [2.45, 2.75) is 25.3 Å². The molecule has 5 aromatic rings. The Hall–Kier alpha value is -3.67. The van der Waals surface area contributed by atoms with E-state index in [1.807, 2.05) is 6.07 Å². The van der Waals surface area contributed by atoms with Crippen molar-refractivity contribution in [2.75, 3.05) is 19.3 Å². The monoisotopic (exact) mass is 519 g/mol. The lowest BCUT2D eigenvalue weighted by Gasteiger charge is -2.23. The van der Waals surface area contributed by atoms with Gasteiger partial charge < -0.3 is 10.3 Å². The minimum atomic E-state index is -3.42. The second-order valence-corrected chi connectivity index (χ2v) is 11.3. The largest absolute Gasteiger partial charge is 0.336 e. The molecule has 0 atom stereocenters. The fraction of sp³-hybridized carbons (Fsp3) is 0.269. The van der Waals surface area contributed by atoms with Gasteiger partial charge in [-0.1, -0.05) is 6.07 Å². The standard InChI is InChI=1S/C26H26FN7O2S/c1-37(35,36)30-14-15-10-18(12-19(27)11-15)23-25-22(6-9-29-23)31-26(32-25)24-20-13-17(2-3-21(20)33-34-24)16-4-7-28-8-5-16/h2-3,6,9-13,16,28,30H,4-5,7-8,14H2,1H3,(H,31,32)(H,33,34). The number of nitrogens with zero attached hydrogens (tertiary/aromatic N) is 3. The van der Waals surface area contributed by atoms with Crippen molar-refractivity contribution in [1.29, 1.82) is 0 Å². The maximum absolute atomic E-state index is 14.5. The number of hydrogen-bond donors (Lipinski definition) is 4. The third kappa shape index (κ3) is 4.85. The van der Waals surface area contributed by atoms with Crippen LogP contribution in [0.3, 0.4) is 0 Å². The SMILES string of the molecule is CS(=O)(=O)NCc1cc(F)cc(-c2nccc3[nH]c(-c4n[nH]c5ccc(C6CCNCC6)cc45)nc23)c1. The molecular weight excluding hydrogens is 493 g/mol. The van der Waals surface area contributed by atoms with Gasteiger partial charge in [0.25, 0.3) is 0 Å². The number of aromatic amines is 2. The Morgan fingerprint density at radius 3 is 2.70 bits per heavy atom. The van der Waals surface area contributed by atoms with Crippen molar-refractivity contribution in [3.63, 3.8) is 0 Å². The first-order valence-electron chi connectivity index (χ1n) is 12.1. The first kappa shape index (κ1) is 23.7. The first-order chi connectivity index (χ1) is 17.8. The normalized spacial score (nSPS) is 15.1. The van der Waals surface area contributed by atoms with Crippen LogP contribution in [-0.4, -0.2) is 52.9 Å². The quantitative estimate of drug-likeness (QED) is 0.270. The summed E-state index contributed by atoms with van der Waals surface area (Å²) < 4.78 is 39.9. The summed E-state index contributed by atoms with van der Waals surface area (Å²) in [5, 5.41) is 12.1. The highest BCUT2D eigenvalue weighted by atomic mass is 32.2. The fourth-order valence-corrected chi connectivity index (χ4v) is 5.41. The van der Waals surface area contributed by atoms with Gasteiger partial charge in [-0.05, 0) is 79.4 Å². The molecule has 190 valence electrons. The molecule has 0 amide bonds. The number of nitrogens with one attached hydrogen (secondary N) is 4. The summed E-state index contributed by atoms with van der Waals surface area (Å²) in [7, 11) is -3.42. The van der Waals surface area contributed by atoms with Gasteiger partial charge in [0.05, 0.1) is 23.0 Å². The van der Waals surface area contributed by atoms with E-state index >= 15 is 0 Å². The van der Waals surface area contributed by atoms with Gasteiger partial charge in [-0.15, -0.1) is 0 Å². The van der Waals surface area contributed by atoms with E-state index in [4.69, 9.17) is 4.98 Å². The van der Waals surface area contributed by atoms with Gasteiger partial charge >= 0.3 is 0 Å². The molecule has 37 heavy (non-hydrogen) atoms. The summed E-state index contributed by atoms with van der Waals surface area (Å²) in [5.41, 5.74) is 5.75. The number of fused-ring (bicyclic) bond motifs is 2. The first-order valence-corrected chi connectivity index (χ1v) is 14.0. The molecule has 9 nitrogen and oxygen atoms in total.